The van der Waals surface area contributed by atoms with Crippen molar-refractivity contribution in [2.45, 2.75) is 31.4 Å². The molecule has 1 fully saturated rings. The molecule has 2 atom stereocenters. The van der Waals surface area contributed by atoms with Crippen LogP contribution >= 0.6 is 0 Å². The quantitative estimate of drug-likeness (QED) is 0.821. The van der Waals surface area contributed by atoms with Gasteiger partial charge >= 0.3 is 0 Å². The van der Waals surface area contributed by atoms with Crippen LogP contribution in [0.1, 0.15) is 25.3 Å². The predicted octanol–water partition coefficient (Wildman–Crippen LogP) is 1.67. The first-order valence-corrected chi connectivity index (χ1v) is 6.80. The molecule has 2 rings (SSSR count). The Bertz CT molecular complexity index is 404. The number of aliphatic hydroxyl groups excluding tert-OH is 1. The van der Waals surface area contributed by atoms with E-state index in [1.54, 1.807) is 7.11 Å². The summed E-state index contributed by atoms with van der Waals surface area (Å²) in [5.74, 6) is 0.802. The zero-order valence-electron chi connectivity index (χ0n) is 11.7. The second kappa shape index (κ2) is 6.37. The van der Waals surface area contributed by atoms with E-state index in [0.29, 0.717) is 0 Å². The topological polar surface area (TPSA) is 50.7 Å². The summed E-state index contributed by atoms with van der Waals surface area (Å²) in [5.41, 5.74) is 0.549. The highest BCUT2D eigenvalue weighted by Gasteiger charge is 2.27. The summed E-state index contributed by atoms with van der Waals surface area (Å²) in [5, 5.41) is 13.2. The van der Waals surface area contributed by atoms with E-state index in [0.717, 1.165) is 37.3 Å². The Morgan fingerprint density at radius 1 is 1.53 bits per heavy atom. The van der Waals surface area contributed by atoms with E-state index in [4.69, 9.17) is 9.47 Å². The molecule has 0 amide bonds. The van der Waals surface area contributed by atoms with Gasteiger partial charge in [-0.3, -0.25) is 0 Å². The Labute approximate surface area is 114 Å². The van der Waals surface area contributed by atoms with Crippen LogP contribution in [0.25, 0.3) is 0 Å². The van der Waals surface area contributed by atoms with Gasteiger partial charge in [0.1, 0.15) is 5.75 Å². The van der Waals surface area contributed by atoms with Gasteiger partial charge in [-0.05, 0) is 37.5 Å². The van der Waals surface area contributed by atoms with Crippen molar-refractivity contribution in [3.63, 3.8) is 0 Å². The van der Waals surface area contributed by atoms with E-state index >= 15 is 0 Å². The van der Waals surface area contributed by atoms with Crippen LogP contribution in [0.15, 0.2) is 24.3 Å². The zero-order valence-corrected chi connectivity index (χ0v) is 11.7. The van der Waals surface area contributed by atoms with Crippen molar-refractivity contribution in [2.24, 2.45) is 0 Å². The lowest BCUT2D eigenvalue weighted by molar-refractivity contribution is 0.0910. The lowest BCUT2D eigenvalue weighted by Gasteiger charge is -2.31. The second-order valence-electron chi connectivity index (χ2n) is 5.24. The van der Waals surface area contributed by atoms with Crippen LogP contribution in [0.4, 0.5) is 0 Å². The maximum Gasteiger partial charge on any atom is 0.119 e. The molecule has 0 aromatic heterocycles. The Kier molecular flexibility index (Phi) is 4.80. The van der Waals surface area contributed by atoms with Gasteiger partial charge in [0.25, 0.3) is 0 Å². The third-order valence-electron chi connectivity index (χ3n) is 3.77. The third-order valence-corrected chi connectivity index (χ3v) is 3.77. The first kappa shape index (κ1) is 14.3. The first-order valence-electron chi connectivity index (χ1n) is 6.80. The van der Waals surface area contributed by atoms with Crippen molar-refractivity contribution in [3.05, 3.63) is 29.8 Å². The van der Waals surface area contributed by atoms with Gasteiger partial charge in [0.2, 0.25) is 0 Å². The number of aliphatic hydroxyl groups is 1. The maximum atomic E-state index is 9.73. The van der Waals surface area contributed by atoms with Gasteiger partial charge in [0, 0.05) is 13.2 Å². The SMILES string of the molecule is COc1cccc(C(C)(CO)NCC2CCCO2)c1. The highest BCUT2D eigenvalue weighted by Crippen LogP contribution is 2.24. The summed E-state index contributed by atoms with van der Waals surface area (Å²) in [6.45, 7) is 3.64. The highest BCUT2D eigenvalue weighted by molar-refractivity contribution is 5.33. The molecule has 2 N–H and O–H groups in total. The van der Waals surface area contributed by atoms with Gasteiger partial charge in [-0.1, -0.05) is 12.1 Å². The zero-order chi connectivity index (χ0) is 13.7. The molecule has 1 aromatic carbocycles. The predicted molar refractivity (Wildman–Crippen MR) is 74.4 cm³/mol. The molecule has 106 valence electrons. The number of rotatable bonds is 6. The molecule has 0 bridgehead atoms. The molecule has 0 saturated carbocycles. The Morgan fingerprint density at radius 2 is 2.37 bits per heavy atom. The highest BCUT2D eigenvalue weighted by atomic mass is 16.5. The van der Waals surface area contributed by atoms with Crippen molar-refractivity contribution < 1.29 is 14.6 Å². The molecule has 4 heteroatoms. The molecule has 1 aliphatic heterocycles. The van der Waals surface area contributed by atoms with Gasteiger partial charge in [-0.15, -0.1) is 0 Å². The molecule has 2 unspecified atom stereocenters. The monoisotopic (exact) mass is 265 g/mol. The molecule has 4 nitrogen and oxygen atoms in total. The van der Waals surface area contributed by atoms with Gasteiger partial charge in [-0.25, -0.2) is 0 Å². The average Bonchev–Trinajstić information content (AvgIpc) is 2.98. The molecule has 1 aromatic rings. The fraction of sp³-hybridized carbons (Fsp3) is 0.600. The molecule has 1 aliphatic rings. The van der Waals surface area contributed by atoms with E-state index in [-0.39, 0.29) is 12.7 Å². The van der Waals surface area contributed by atoms with E-state index in [9.17, 15) is 5.11 Å². The number of nitrogens with one attached hydrogen (secondary N) is 1. The minimum Gasteiger partial charge on any atom is -0.497 e. The fourth-order valence-electron chi connectivity index (χ4n) is 2.36. The van der Waals surface area contributed by atoms with E-state index in [1.165, 1.54) is 0 Å². The number of benzene rings is 1. The summed E-state index contributed by atoms with van der Waals surface area (Å²) >= 11 is 0. The summed E-state index contributed by atoms with van der Waals surface area (Å²) < 4.78 is 10.8. The summed E-state index contributed by atoms with van der Waals surface area (Å²) in [4.78, 5) is 0. The van der Waals surface area contributed by atoms with Gasteiger partial charge in [0.15, 0.2) is 0 Å². The molecular formula is C15H23NO3. The summed E-state index contributed by atoms with van der Waals surface area (Å²) in [6, 6.07) is 7.80. The molecule has 0 aliphatic carbocycles. The smallest absolute Gasteiger partial charge is 0.119 e. The van der Waals surface area contributed by atoms with Crippen molar-refractivity contribution in [2.75, 3.05) is 26.9 Å². The van der Waals surface area contributed by atoms with Crippen molar-refractivity contribution >= 4 is 0 Å². The van der Waals surface area contributed by atoms with Crippen molar-refractivity contribution in [1.29, 1.82) is 0 Å². The minimum atomic E-state index is -0.472. The van der Waals surface area contributed by atoms with Crippen LogP contribution < -0.4 is 10.1 Å². The Balaban J connectivity index is 2.06. The number of hydrogen-bond acceptors (Lipinski definition) is 4. The lowest BCUT2D eigenvalue weighted by Crippen LogP contribution is -2.46. The van der Waals surface area contributed by atoms with Gasteiger partial charge < -0.3 is 19.9 Å². The molecule has 1 heterocycles. The van der Waals surface area contributed by atoms with E-state index in [1.807, 2.05) is 31.2 Å². The fourth-order valence-corrected chi connectivity index (χ4v) is 2.36. The average molecular weight is 265 g/mol. The first-order chi connectivity index (χ1) is 9.18. The molecule has 0 radical (unpaired) electrons. The minimum absolute atomic E-state index is 0.0346. The number of hydrogen-bond donors (Lipinski definition) is 2. The molecule has 19 heavy (non-hydrogen) atoms. The molecule has 1 saturated heterocycles. The second-order valence-corrected chi connectivity index (χ2v) is 5.24. The summed E-state index contributed by atoms with van der Waals surface area (Å²) in [7, 11) is 1.65. The van der Waals surface area contributed by atoms with Crippen LogP contribution in [0.2, 0.25) is 0 Å². The van der Waals surface area contributed by atoms with Crippen LogP contribution in [-0.4, -0.2) is 38.1 Å². The molecular weight excluding hydrogens is 242 g/mol. The van der Waals surface area contributed by atoms with Gasteiger partial charge in [-0.2, -0.15) is 0 Å². The summed E-state index contributed by atoms with van der Waals surface area (Å²) in [6.07, 6.45) is 2.48. The normalized spacial score (nSPS) is 22.2. The third kappa shape index (κ3) is 3.47. The van der Waals surface area contributed by atoms with Crippen LogP contribution in [-0.2, 0) is 10.3 Å². The van der Waals surface area contributed by atoms with Crippen LogP contribution in [0.3, 0.4) is 0 Å². The maximum absolute atomic E-state index is 9.73. The lowest BCUT2D eigenvalue weighted by atomic mass is 9.92. The number of methoxy groups -OCH3 is 1. The van der Waals surface area contributed by atoms with Crippen molar-refractivity contribution in [3.8, 4) is 5.75 Å². The van der Waals surface area contributed by atoms with Crippen LogP contribution in [0, 0.1) is 0 Å². The molecule has 0 spiro atoms. The van der Waals surface area contributed by atoms with Gasteiger partial charge in [0.05, 0.1) is 25.4 Å². The number of ether oxygens (including phenoxy) is 2. The van der Waals surface area contributed by atoms with Crippen LogP contribution in [0.5, 0.6) is 5.75 Å². The largest absolute Gasteiger partial charge is 0.497 e. The van der Waals surface area contributed by atoms with Crippen molar-refractivity contribution in [1.82, 2.24) is 5.32 Å². The standard InChI is InChI=1S/C15H23NO3/c1-15(11-17,16-10-14-7-4-8-19-14)12-5-3-6-13(9-12)18-2/h3,5-6,9,14,16-17H,4,7-8,10-11H2,1-2H3. The van der Waals surface area contributed by atoms with E-state index < -0.39 is 5.54 Å². The van der Waals surface area contributed by atoms with E-state index in [2.05, 4.69) is 5.32 Å². The Hall–Kier alpha value is -1.10. The Morgan fingerprint density at radius 3 is 3.00 bits per heavy atom.